The van der Waals surface area contributed by atoms with Gasteiger partial charge in [-0.3, -0.25) is 0 Å². The Labute approximate surface area is 128 Å². The van der Waals surface area contributed by atoms with E-state index >= 15 is 0 Å². The summed E-state index contributed by atoms with van der Waals surface area (Å²) < 4.78 is 14.3. The minimum absolute atomic E-state index is 0.0984. The standard InChI is InChI=1S/C15H16ClFN4/c1-9-7-10(2)12(11(17)8-9)13-18-14(16)20-15(19-13)21-5-3-4-6-21/h7-8H,3-6H2,1-2H3. The van der Waals surface area contributed by atoms with E-state index in [2.05, 4.69) is 19.9 Å². The Bertz CT molecular complexity index is 660. The SMILES string of the molecule is Cc1cc(C)c(-c2nc(Cl)nc(N3CCCC3)n2)c(F)c1. The first kappa shape index (κ1) is 14.2. The zero-order valence-corrected chi connectivity index (χ0v) is 12.8. The van der Waals surface area contributed by atoms with Crippen LogP contribution >= 0.6 is 11.6 Å². The second-order valence-corrected chi connectivity index (χ2v) is 5.70. The van der Waals surface area contributed by atoms with Crippen LogP contribution in [0.2, 0.25) is 5.28 Å². The molecule has 4 nitrogen and oxygen atoms in total. The van der Waals surface area contributed by atoms with Crippen molar-refractivity contribution in [1.29, 1.82) is 0 Å². The summed E-state index contributed by atoms with van der Waals surface area (Å²) in [6.45, 7) is 5.50. The summed E-state index contributed by atoms with van der Waals surface area (Å²) in [6, 6.07) is 3.39. The number of aromatic nitrogens is 3. The maximum Gasteiger partial charge on any atom is 0.230 e. The quantitative estimate of drug-likeness (QED) is 0.851. The molecule has 2 aromatic rings. The fourth-order valence-corrected chi connectivity index (χ4v) is 2.86. The lowest BCUT2D eigenvalue weighted by atomic mass is 10.0. The van der Waals surface area contributed by atoms with Gasteiger partial charge in [-0.2, -0.15) is 15.0 Å². The van der Waals surface area contributed by atoms with E-state index in [0.29, 0.717) is 17.3 Å². The number of rotatable bonds is 2. The van der Waals surface area contributed by atoms with E-state index in [9.17, 15) is 4.39 Å². The fourth-order valence-electron chi connectivity index (χ4n) is 2.71. The van der Waals surface area contributed by atoms with Gasteiger partial charge in [-0.1, -0.05) is 6.07 Å². The van der Waals surface area contributed by atoms with E-state index in [-0.39, 0.29) is 11.1 Å². The van der Waals surface area contributed by atoms with Gasteiger partial charge in [-0.05, 0) is 55.5 Å². The van der Waals surface area contributed by atoms with E-state index in [4.69, 9.17) is 11.6 Å². The predicted octanol–water partition coefficient (Wildman–Crippen LogP) is 3.55. The molecule has 1 aromatic carbocycles. The highest BCUT2D eigenvalue weighted by Crippen LogP contribution is 2.27. The molecule has 21 heavy (non-hydrogen) atoms. The van der Waals surface area contributed by atoms with E-state index in [0.717, 1.165) is 37.1 Å². The monoisotopic (exact) mass is 306 g/mol. The van der Waals surface area contributed by atoms with Gasteiger partial charge in [0, 0.05) is 13.1 Å². The third-order valence-electron chi connectivity index (χ3n) is 3.64. The topological polar surface area (TPSA) is 41.9 Å². The number of benzene rings is 1. The second-order valence-electron chi connectivity index (χ2n) is 5.36. The molecule has 0 bridgehead atoms. The summed E-state index contributed by atoms with van der Waals surface area (Å²) >= 11 is 6.00. The molecule has 110 valence electrons. The highest BCUT2D eigenvalue weighted by Gasteiger charge is 2.19. The van der Waals surface area contributed by atoms with Crippen molar-refractivity contribution in [3.63, 3.8) is 0 Å². The molecule has 1 aromatic heterocycles. The van der Waals surface area contributed by atoms with E-state index in [1.807, 2.05) is 19.9 Å². The molecule has 0 atom stereocenters. The smallest absolute Gasteiger partial charge is 0.230 e. The largest absolute Gasteiger partial charge is 0.341 e. The summed E-state index contributed by atoms with van der Waals surface area (Å²) in [5.41, 5.74) is 2.06. The van der Waals surface area contributed by atoms with Gasteiger partial charge in [0.2, 0.25) is 11.2 Å². The lowest BCUT2D eigenvalue weighted by Crippen LogP contribution is -2.21. The molecule has 2 heterocycles. The first-order chi connectivity index (χ1) is 10.0. The van der Waals surface area contributed by atoms with Gasteiger partial charge < -0.3 is 4.90 Å². The lowest BCUT2D eigenvalue weighted by molar-refractivity contribution is 0.627. The van der Waals surface area contributed by atoms with Crippen molar-refractivity contribution in [2.24, 2.45) is 0 Å². The van der Waals surface area contributed by atoms with Crippen LogP contribution in [0.25, 0.3) is 11.4 Å². The zero-order chi connectivity index (χ0) is 15.0. The van der Waals surface area contributed by atoms with Crippen molar-refractivity contribution in [1.82, 2.24) is 15.0 Å². The Morgan fingerprint density at radius 2 is 1.81 bits per heavy atom. The van der Waals surface area contributed by atoms with Crippen molar-refractivity contribution in [3.05, 3.63) is 34.4 Å². The van der Waals surface area contributed by atoms with Crippen LogP contribution in [0.3, 0.4) is 0 Å². The maximum absolute atomic E-state index is 14.3. The summed E-state index contributed by atoms with van der Waals surface area (Å²) in [4.78, 5) is 14.7. The van der Waals surface area contributed by atoms with Crippen LogP contribution in [0.4, 0.5) is 10.3 Å². The van der Waals surface area contributed by atoms with Crippen molar-refractivity contribution in [2.45, 2.75) is 26.7 Å². The number of nitrogens with zero attached hydrogens (tertiary/aromatic N) is 4. The predicted molar refractivity (Wildman–Crippen MR) is 81.2 cm³/mol. The molecule has 0 N–H and O–H groups in total. The average molecular weight is 307 g/mol. The number of hydrogen-bond acceptors (Lipinski definition) is 4. The summed E-state index contributed by atoms with van der Waals surface area (Å²) in [7, 11) is 0. The number of halogens is 2. The fraction of sp³-hybridized carbons (Fsp3) is 0.400. The molecule has 3 rings (SSSR count). The van der Waals surface area contributed by atoms with Gasteiger partial charge in [0.15, 0.2) is 5.82 Å². The van der Waals surface area contributed by atoms with Gasteiger partial charge >= 0.3 is 0 Å². The molecule has 0 aliphatic carbocycles. The molecule has 0 unspecified atom stereocenters. The Hall–Kier alpha value is -1.75. The molecule has 1 aliphatic heterocycles. The van der Waals surface area contributed by atoms with Crippen molar-refractivity contribution >= 4 is 17.5 Å². The molecule has 1 fully saturated rings. The lowest BCUT2D eigenvalue weighted by Gasteiger charge is -2.16. The number of anilines is 1. The summed E-state index contributed by atoms with van der Waals surface area (Å²) in [5, 5.41) is 0.0984. The van der Waals surface area contributed by atoms with Crippen molar-refractivity contribution < 1.29 is 4.39 Å². The zero-order valence-electron chi connectivity index (χ0n) is 12.0. The number of aryl methyl sites for hydroxylation is 2. The van der Waals surface area contributed by atoms with Crippen molar-refractivity contribution in [3.8, 4) is 11.4 Å². The highest BCUT2D eigenvalue weighted by atomic mass is 35.5. The van der Waals surface area contributed by atoms with Crippen LogP contribution in [0.5, 0.6) is 0 Å². The van der Waals surface area contributed by atoms with Crippen LogP contribution in [0, 0.1) is 19.7 Å². The van der Waals surface area contributed by atoms with E-state index in [1.54, 1.807) is 0 Å². The van der Waals surface area contributed by atoms with Crippen molar-refractivity contribution in [2.75, 3.05) is 18.0 Å². The molecule has 0 saturated carbocycles. The summed E-state index contributed by atoms with van der Waals surface area (Å²) in [5.74, 6) is 0.496. The van der Waals surface area contributed by atoms with E-state index < -0.39 is 0 Å². The van der Waals surface area contributed by atoms with Crippen LogP contribution in [-0.2, 0) is 0 Å². The molecule has 1 aliphatic rings. The summed E-state index contributed by atoms with van der Waals surface area (Å²) in [6.07, 6.45) is 2.22. The Kier molecular flexibility index (Phi) is 3.76. The molecule has 0 spiro atoms. The molecular weight excluding hydrogens is 291 g/mol. The van der Waals surface area contributed by atoms with Gasteiger partial charge in [0.1, 0.15) is 5.82 Å². The number of hydrogen-bond donors (Lipinski definition) is 0. The maximum atomic E-state index is 14.3. The first-order valence-electron chi connectivity index (χ1n) is 6.98. The molecule has 6 heteroatoms. The Morgan fingerprint density at radius 1 is 1.10 bits per heavy atom. The molecular formula is C15H16ClFN4. The minimum atomic E-state index is -0.331. The third-order valence-corrected chi connectivity index (χ3v) is 3.81. The third kappa shape index (κ3) is 2.83. The van der Waals surface area contributed by atoms with Gasteiger partial charge in [-0.25, -0.2) is 4.39 Å². The van der Waals surface area contributed by atoms with Gasteiger partial charge in [-0.15, -0.1) is 0 Å². The normalized spacial score (nSPS) is 14.8. The highest BCUT2D eigenvalue weighted by molar-refractivity contribution is 6.28. The van der Waals surface area contributed by atoms with Gasteiger partial charge in [0.05, 0.1) is 5.56 Å². The van der Waals surface area contributed by atoms with E-state index in [1.165, 1.54) is 6.07 Å². The molecule has 1 saturated heterocycles. The Balaban J connectivity index is 2.10. The van der Waals surface area contributed by atoms with Crippen LogP contribution < -0.4 is 4.90 Å². The van der Waals surface area contributed by atoms with Crippen LogP contribution in [0.15, 0.2) is 12.1 Å². The molecule has 0 radical (unpaired) electrons. The molecule has 0 amide bonds. The van der Waals surface area contributed by atoms with Crippen LogP contribution in [-0.4, -0.2) is 28.0 Å². The average Bonchev–Trinajstić information content (AvgIpc) is 2.90. The second kappa shape index (κ2) is 5.56. The Morgan fingerprint density at radius 3 is 2.48 bits per heavy atom. The minimum Gasteiger partial charge on any atom is -0.341 e. The first-order valence-corrected chi connectivity index (χ1v) is 7.36. The van der Waals surface area contributed by atoms with Crippen LogP contribution in [0.1, 0.15) is 24.0 Å². The van der Waals surface area contributed by atoms with Gasteiger partial charge in [0.25, 0.3) is 0 Å².